The van der Waals surface area contributed by atoms with Gasteiger partial charge in [0.15, 0.2) is 0 Å². The molecule has 0 aliphatic carbocycles. The summed E-state index contributed by atoms with van der Waals surface area (Å²) < 4.78 is 0. The van der Waals surface area contributed by atoms with Crippen molar-refractivity contribution in [3.05, 3.63) is 42.0 Å². The summed E-state index contributed by atoms with van der Waals surface area (Å²) in [5.74, 6) is -0.902. The van der Waals surface area contributed by atoms with Gasteiger partial charge < -0.3 is 5.11 Å². The Bertz CT molecular complexity index is 277. The zero-order valence-electron chi connectivity index (χ0n) is 5.95. The maximum atomic E-state index is 10.4. The number of benzene rings is 1. The van der Waals surface area contributed by atoms with Crippen LogP contribution in [0.25, 0.3) is 6.08 Å². The molecule has 0 aliphatic heterocycles. The summed E-state index contributed by atoms with van der Waals surface area (Å²) in [5, 5.41) is 8.52. The third-order valence-corrected chi connectivity index (χ3v) is 1.39. The first kappa shape index (κ1) is 11.0. The standard InChI is InChI=1S/C9H8O2.Li.H/c1-2-7-3-5-8(6-4-7)9(10)11;;/h2-6H,1H2,(H,10,11);;. The molecule has 0 spiro atoms. The molecule has 2 nitrogen and oxygen atoms in total. The fourth-order valence-electron chi connectivity index (χ4n) is 0.762. The molecule has 0 aromatic heterocycles. The topological polar surface area (TPSA) is 37.3 Å². The molecule has 12 heavy (non-hydrogen) atoms. The van der Waals surface area contributed by atoms with Gasteiger partial charge in [0.25, 0.3) is 0 Å². The third-order valence-electron chi connectivity index (χ3n) is 1.39. The van der Waals surface area contributed by atoms with Gasteiger partial charge in [0.2, 0.25) is 0 Å². The molecule has 0 unspecified atom stereocenters. The van der Waals surface area contributed by atoms with Crippen LogP contribution in [0, 0.1) is 0 Å². The van der Waals surface area contributed by atoms with Crippen molar-refractivity contribution < 1.29 is 9.90 Å². The molecule has 0 heterocycles. The van der Waals surface area contributed by atoms with Gasteiger partial charge >= 0.3 is 24.8 Å². The molecule has 58 valence electrons. The van der Waals surface area contributed by atoms with Crippen LogP contribution in [0.15, 0.2) is 30.8 Å². The quantitative estimate of drug-likeness (QED) is 0.656. The van der Waals surface area contributed by atoms with E-state index in [2.05, 4.69) is 6.58 Å². The molecule has 0 fully saturated rings. The Morgan fingerprint density at radius 1 is 1.33 bits per heavy atom. The average Bonchev–Trinajstić information content (AvgIpc) is 2.05. The van der Waals surface area contributed by atoms with E-state index in [1.165, 1.54) is 0 Å². The zero-order chi connectivity index (χ0) is 8.27. The fraction of sp³-hybridized carbons (Fsp3) is 0. The van der Waals surface area contributed by atoms with Gasteiger partial charge in [0.1, 0.15) is 0 Å². The molecule has 1 aromatic rings. The van der Waals surface area contributed by atoms with Crippen molar-refractivity contribution in [1.82, 2.24) is 0 Å². The van der Waals surface area contributed by atoms with Crippen LogP contribution in [0.3, 0.4) is 0 Å². The van der Waals surface area contributed by atoms with Gasteiger partial charge in [0, 0.05) is 0 Å². The Morgan fingerprint density at radius 2 is 1.83 bits per heavy atom. The summed E-state index contributed by atoms with van der Waals surface area (Å²) in [5.41, 5.74) is 1.23. The van der Waals surface area contributed by atoms with Crippen LogP contribution < -0.4 is 0 Å². The van der Waals surface area contributed by atoms with Gasteiger partial charge in [-0.05, 0) is 17.7 Å². The number of hydrogen-bond acceptors (Lipinski definition) is 1. The zero-order valence-corrected chi connectivity index (χ0v) is 5.95. The van der Waals surface area contributed by atoms with Crippen molar-refractivity contribution in [2.75, 3.05) is 0 Å². The number of aromatic carboxylic acids is 1. The summed E-state index contributed by atoms with van der Waals surface area (Å²) in [6, 6.07) is 6.55. The van der Waals surface area contributed by atoms with Gasteiger partial charge in [-0.3, -0.25) is 0 Å². The Hall–Kier alpha value is -0.973. The molecule has 1 rings (SSSR count). The van der Waals surface area contributed by atoms with E-state index in [-0.39, 0.29) is 18.9 Å². The van der Waals surface area contributed by atoms with Gasteiger partial charge in [-0.2, -0.15) is 0 Å². The molecule has 0 saturated carbocycles. The van der Waals surface area contributed by atoms with E-state index in [9.17, 15) is 4.79 Å². The van der Waals surface area contributed by atoms with E-state index in [0.717, 1.165) is 5.56 Å². The van der Waals surface area contributed by atoms with Crippen molar-refractivity contribution in [2.24, 2.45) is 0 Å². The molecular weight excluding hydrogens is 147 g/mol. The van der Waals surface area contributed by atoms with Crippen molar-refractivity contribution in [3.8, 4) is 0 Å². The molecule has 0 atom stereocenters. The Balaban J connectivity index is 0.00000121. The van der Waals surface area contributed by atoms with Crippen molar-refractivity contribution in [2.45, 2.75) is 0 Å². The summed E-state index contributed by atoms with van der Waals surface area (Å²) in [6.07, 6.45) is 1.67. The molecule has 0 aliphatic rings. The number of carboxylic acids is 1. The normalized spacial score (nSPS) is 8.33. The van der Waals surface area contributed by atoms with Crippen LogP contribution in [0.4, 0.5) is 0 Å². The summed E-state index contributed by atoms with van der Waals surface area (Å²) >= 11 is 0. The van der Waals surface area contributed by atoms with Crippen LogP contribution in [-0.2, 0) is 0 Å². The predicted octanol–water partition coefficient (Wildman–Crippen LogP) is 1.38. The van der Waals surface area contributed by atoms with Crippen LogP contribution in [0.1, 0.15) is 15.9 Å². The first-order chi connectivity index (χ1) is 5.24. The second-order valence-corrected chi connectivity index (χ2v) is 2.13. The Morgan fingerprint density at radius 3 is 2.17 bits per heavy atom. The molecule has 0 saturated heterocycles. The number of hydrogen-bond donors (Lipinski definition) is 1. The predicted molar refractivity (Wildman–Crippen MR) is 50.6 cm³/mol. The molecule has 1 N–H and O–H groups in total. The summed E-state index contributed by atoms with van der Waals surface area (Å²) in [6.45, 7) is 3.56. The van der Waals surface area contributed by atoms with Gasteiger partial charge in [-0.15, -0.1) is 0 Å². The van der Waals surface area contributed by atoms with Gasteiger partial charge in [-0.1, -0.05) is 24.8 Å². The van der Waals surface area contributed by atoms with E-state index in [1.54, 1.807) is 30.3 Å². The van der Waals surface area contributed by atoms with Gasteiger partial charge in [-0.25, -0.2) is 4.79 Å². The van der Waals surface area contributed by atoms with Crippen molar-refractivity contribution in [3.63, 3.8) is 0 Å². The fourth-order valence-corrected chi connectivity index (χ4v) is 0.762. The van der Waals surface area contributed by atoms with E-state index in [1.807, 2.05) is 0 Å². The molecular formula is C9H9LiO2. The van der Waals surface area contributed by atoms with E-state index in [0.29, 0.717) is 5.56 Å². The Kier molecular flexibility index (Phi) is 4.42. The summed E-state index contributed by atoms with van der Waals surface area (Å²) in [4.78, 5) is 10.4. The average molecular weight is 156 g/mol. The van der Waals surface area contributed by atoms with Crippen LogP contribution in [-0.4, -0.2) is 29.9 Å². The molecule has 1 aromatic carbocycles. The molecule has 3 heteroatoms. The van der Waals surface area contributed by atoms with Crippen LogP contribution in [0.5, 0.6) is 0 Å². The van der Waals surface area contributed by atoms with Gasteiger partial charge in [0.05, 0.1) is 5.56 Å². The van der Waals surface area contributed by atoms with Crippen molar-refractivity contribution >= 4 is 30.9 Å². The summed E-state index contributed by atoms with van der Waals surface area (Å²) in [7, 11) is 0. The first-order valence-corrected chi connectivity index (χ1v) is 3.20. The SMILES string of the molecule is C=Cc1ccc(C(=O)O)cc1.[LiH]. The van der Waals surface area contributed by atoms with E-state index < -0.39 is 5.97 Å². The molecule has 0 radical (unpaired) electrons. The monoisotopic (exact) mass is 156 g/mol. The maximum absolute atomic E-state index is 10.4. The van der Waals surface area contributed by atoms with Crippen LogP contribution in [0.2, 0.25) is 0 Å². The third kappa shape index (κ3) is 2.58. The number of carboxylic acid groups (broad SMARTS) is 1. The molecule has 0 amide bonds. The number of carbonyl (C=O) groups is 1. The second kappa shape index (κ2) is 4.82. The van der Waals surface area contributed by atoms with Crippen molar-refractivity contribution in [1.29, 1.82) is 0 Å². The first-order valence-electron chi connectivity index (χ1n) is 3.20. The number of rotatable bonds is 2. The van der Waals surface area contributed by atoms with Crippen LogP contribution >= 0.6 is 0 Å². The van der Waals surface area contributed by atoms with E-state index in [4.69, 9.17) is 5.11 Å². The van der Waals surface area contributed by atoms with E-state index >= 15 is 0 Å². The minimum atomic E-state index is -0.902. The Labute approximate surface area is 83.1 Å². The second-order valence-electron chi connectivity index (χ2n) is 2.13. The molecule has 0 bridgehead atoms. The minimum absolute atomic E-state index is 0.